The Labute approximate surface area is 189 Å². The molecule has 0 radical (unpaired) electrons. The zero-order valence-corrected chi connectivity index (χ0v) is 18.5. The topological polar surface area (TPSA) is 136 Å². The lowest BCUT2D eigenvalue weighted by atomic mass is 10.1. The second-order valence-corrected chi connectivity index (χ2v) is 8.38. The van der Waals surface area contributed by atoms with Crippen molar-refractivity contribution in [3.63, 3.8) is 0 Å². The quantitative estimate of drug-likeness (QED) is 0.236. The van der Waals surface area contributed by atoms with E-state index < -0.39 is 51.6 Å². The summed E-state index contributed by atoms with van der Waals surface area (Å²) in [5, 5.41) is 21.1. The summed E-state index contributed by atoms with van der Waals surface area (Å²) in [6, 6.07) is 5.90. The van der Waals surface area contributed by atoms with E-state index >= 15 is 0 Å². The molecule has 0 bridgehead atoms. The van der Waals surface area contributed by atoms with Gasteiger partial charge in [0.05, 0.1) is 23.5 Å². The summed E-state index contributed by atoms with van der Waals surface area (Å²) < 4.78 is 51.0. The van der Waals surface area contributed by atoms with Gasteiger partial charge in [0.2, 0.25) is 10.0 Å². The van der Waals surface area contributed by atoms with Crippen LogP contribution in [0, 0.1) is 27.8 Å². The van der Waals surface area contributed by atoms with Gasteiger partial charge in [-0.25, -0.2) is 12.8 Å². The minimum Gasteiger partial charge on any atom is -0.481 e. The van der Waals surface area contributed by atoms with Crippen LogP contribution in [0.1, 0.15) is 12.5 Å². The van der Waals surface area contributed by atoms with Crippen LogP contribution in [-0.4, -0.2) is 55.1 Å². The predicted molar refractivity (Wildman–Crippen MR) is 114 cm³/mol. The molecule has 2 rings (SSSR count). The number of methoxy groups -OCH3 is 1. The first-order valence-electron chi connectivity index (χ1n) is 9.41. The molecule has 1 N–H and O–H groups in total. The Kier molecular flexibility index (Phi) is 8.86. The van der Waals surface area contributed by atoms with Crippen molar-refractivity contribution in [1.29, 1.82) is 0 Å². The van der Waals surface area contributed by atoms with E-state index in [1.165, 1.54) is 24.3 Å². The van der Waals surface area contributed by atoms with Crippen LogP contribution in [0.15, 0.2) is 47.4 Å². The Morgan fingerprint density at radius 1 is 1.27 bits per heavy atom. The van der Waals surface area contributed by atoms with Crippen LogP contribution in [-0.2, 0) is 26.1 Å². The fourth-order valence-corrected chi connectivity index (χ4v) is 4.39. The molecule has 176 valence electrons. The molecule has 10 nitrogen and oxygen atoms in total. The van der Waals surface area contributed by atoms with Crippen LogP contribution < -0.4 is 4.74 Å². The number of carbonyl (C=O) groups is 1. The van der Waals surface area contributed by atoms with E-state index in [0.29, 0.717) is 10.1 Å². The lowest BCUT2D eigenvalue weighted by Gasteiger charge is -2.28. The zero-order valence-electron chi connectivity index (χ0n) is 17.7. The molecule has 0 heterocycles. The molecule has 0 aromatic heterocycles. The third-order valence-electron chi connectivity index (χ3n) is 4.48. The first kappa shape index (κ1) is 25.7. The Hall–Kier alpha value is -3.53. The highest BCUT2D eigenvalue weighted by molar-refractivity contribution is 7.89. The lowest BCUT2D eigenvalue weighted by molar-refractivity contribution is -0.385. The number of hydrogen-bond donors (Lipinski definition) is 1. The molecule has 0 aliphatic rings. The summed E-state index contributed by atoms with van der Waals surface area (Å²) >= 11 is 0. The van der Waals surface area contributed by atoms with E-state index in [9.17, 15) is 32.8 Å². The molecule has 12 heteroatoms. The van der Waals surface area contributed by atoms with E-state index in [1.807, 2.05) is 0 Å². The molecule has 0 aliphatic heterocycles. The van der Waals surface area contributed by atoms with Crippen molar-refractivity contribution < 1.29 is 37.1 Å². The first-order valence-corrected chi connectivity index (χ1v) is 10.9. The van der Waals surface area contributed by atoms with Crippen LogP contribution >= 0.6 is 0 Å². The molecule has 0 amide bonds. The normalized spacial score (nSPS) is 11.9. The number of aliphatic hydroxyl groups excluding tert-OH is 1. The van der Waals surface area contributed by atoms with Gasteiger partial charge < -0.3 is 14.6 Å². The molecule has 0 aliphatic carbocycles. The Bertz CT molecular complexity index is 1170. The minimum atomic E-state index is -4.52. The van der Waals surface area contributed by atoms with Gasteiger partial charge in [0.1, 0.15) is 24.2 Å². The number of nitro groups is 1. The minimum absolute atomic E-state index is 0.0902. The number of ether oxygens (including phenoxy) is 2. The number of esters is 1. The van der Waals surface area contributed by atoms with Gasteiger partial charge in [-0.1, -0.05) is 5.92 Å². The fourth-order valence-electron chi connectivity index (χ4n) is 2.84. The number of nitrogens with zero attached hydrogens (tertiary/aromatic N) is 2. The van der Waals surface area contributed by atoms with Gasteiger partial charge in [-0.2, -0.15) is 4.31 Å². The van der Waals surface area contributed by atoms with Crippen molar-refractivity contribution in [2.24, 2.45) is 0 Å². The van der Waals surface area contributed by atoms with E-state index in [-0.39, 0.29) is 17.1 Å². The Balaban J connectivity index is 2.53. The number of benzene rings is 2. The third-order valence-corrected chi connectivity index (χ3v) is 6.35. The number of nitro benzene ring substituents is 1. The number of rotatable bonds is 10. The van der Waals surface area contributed by atoms with Crippen molar-refractivity contribution >= 4 is 21.7 Å². The van der Waals surface area contributed by atoms with Gasteiger partial charge in [-0.3, -0.25) is 14.9 Å². The van der Waals surface area contributed by atoms with Crippen LogP contribution in [0.3, 0.4) is 0 Å². The van der Waals surface area contributed by atoms with E-state index in [0.717, 1.165) is 25.3 Å². The molecule has 0 spiro atoms. The van der Waals surface area contributed by atoms with Crippen molar-refractivity contribution in [1.82, 2.24) is 4.31 Å². The highest BCUT2D eigenvalue weighted by atomic mass is 32.2. The van der Waals surface area contributed by atoms with E-state index in [4.69, 9.17) is 4.74 Å². The van der Waals surface area contributed by atoms with Crippen molar-refractivity contribution in [3.8, 4) is 17.6 Å². The van der Waals surface area contributed by atoms with Crippen LogP contribution in [0.2, 0.25) is 0 Å². The molecule has 0 saturated carbocycles. The van der Waals surface area contributed by atoms with Gasteiger partial charge in [0.25, 0.3) is 5.69 Å². The maximum atomic E-state index is 13.8. The second kappa shape index (κ2) is 11.4. The Morgan fingerprint density at radius 2 is 1.94 bits per heavy atom. The summed E-state index contributed by atoms with van der Waals surface area (Å²) in [4.78, 5) is 22.5. The standard InChI is InChI=1S/C21H21FN2O8S/c1-3-4-11-32-17-6-8-18(9-7-17)33(29,30)23(20(14-25)21(26)31-2)13-15-12-16(22)5-10-19(15)24(27)28/h5-10,12,20,25H,11,13-14H2,1-2H3/t20-/m0/s1. The summed E-state index contributed by atoms with van der Waals surface area (Å²) in [5.74, 6) is 3.71. The average Bonchev–Trinajstić information content (AvgIpc) is 2.79. The van der Waals surface area contributed by atoms with Crippen molar-refractivity contribution in [2.45, 2.75) is 24.4 Å². The number of aliphatic hydroxyl groups is 1. The maximum absolute atomic E-state index is 13.8. The summed E-state index contributed by atoms with van der Waals surface area (Å²) in [6.45, 7) is -0.0324. The monoisotopic (exact) mass is 480 g/mol. The summed E-state index contributed by atoms with van der Waals surface area (Å²) in [5.41, 5.74) is -0.872. The molecular weight excluding hydrogens is 459 g/mol. The van der Waals surface area contributed by atoms with Crippen LogP contribution in [0.5, 0.6) is 5.75 Å². The molecule has 0 unspecified atom stereocenters. The van der Waals surface area contributed by atoms with Crippen molar-refractivity contribution in [2.75, 3.05) is 20.3 Å². The molecule has 2 aromatic rings. The molecule has 2 aromatic carbocycles. The Morgan fingerprint density at radius 3 is 2.48 bits per heavy atom. The van der Waals surface area contributed by atoms with Crippen LogP contribution in [0.25, 0.3) is 0 Å². The number of halogens is 1. The predicted octanol–water partition coefficient (Wildman–Crippen LogP) is 1.86. The number of hydrogen-bond acceptors (Lipinski definition) is 8. The third kappa shape index (κ3) is 6.26. The van der Waals surface area contributed by atoms with Gasteiger partial charge >= 0.3 is 5.97 Å². The molecule has 1 atom stereocenters. The van der Waals surface area contributed by atoms with Gasteiger partial charge in [-0.15, -0.1) is 5.92 Å². The highest BCUT2D eigenvalue weighted by Crippen LogP contribution is 2.28. The van der Waals surface area contributed by atoms with E-state index in [2.05, 4.69) is 16.6 Å². The molecule has 0 saturated heterocycles. The average molecular weight is 480 g/mol. The second-order valence-electron chi connectivity index (χ2n) is 6.49. The van der Waals surface area contributed by atoms with Gasteiger partial charge in [0.15, 0.2) is 0 Å². The maximum Gasteiger partial charge on any atom is 0.326 e. The SMILES string of the molecule is CC#CCOc1ccc(S(=O)(=O)N(Cc2cc(F)ccc2[N+](=O)[O-])[C@@H](CO)C(=O)OC)cc1. The summed E-state index contributed by atoms with van der Waals surface area (Å²) in [6.07, 6.45) is 0. The smallest absolute Gasteiger partial charge is 0.326 e. The highest BCUT2D eigenvalue weighted by Gasteiger charge is 2.38. The van der Waals surface area contributed by atoms with E-state index in [1.54, 1.807) is 6.92 Å². The van der Waals surface area contributed by atoms with Gasteiger partial charge in [-0.05, 0) is 43.3 Å². The van der Waals surface area contributed by atoms with Crippen LogP contribution in [0.4, 0.5) is 10.1 Å². The first-order chi connectivity index (χ1) is 15.6. The fraction of sp³-hybridized carbons (Fsp3) is 0.286. The lowest BCUT2D eigenvalue weighted by Crippen LogP contribution is -2.47. The molecule has 0 fully saturated rings. The number of carbonyl (C=O) groups excluding carboxylic acids is 1. The van der Waals surface area contributed by atoms with Crippen molar-refractivity contribution in [3.05, 3.63) is 64.0 Å². The number of sulfonamides is 1. The molecule has 33 heavy (non-hydrogen) atoms. The largest absolute Gasteiger partial charge is 0.481 e. The zero-order chi connectivity index (χ0) is 24.6. The molecular formula is C21H21FN2O8S. The summed E-state index contributed by atoms with van der Waals surface area (Å²) in [7, 11) is -3.53. The van der Waals surface area contributed by atoms with Gasteiger partial charge in [0, 0.05) is 18.2 Å².